The molecule has 0 amide bonds. The zero-order valence-electron chi connectivity index (χ0n) is 23.9. The van der Waals surface area contributed by atoms with Gasteiger partial charge in [0.15, 0.2) is 0 Å². The van der Waals surface area contributed by atoms with Crippen LogP contribution in [0.25, 0.3) is 0 Å². The van der Waals surface area contributed by atoms with Gasteiger partial charge in [0.25, 0.3) is 0 Å². The molecule has 0 aromatic heterocycles. The normalized spacial score (nSPS) is 54.0. The van der Waals surface area contributed by atoms with Crippen molar-refractivity contribution >= 4 is 0 Å². The quantitative estimate of drug-likeness (QED) is 0.396. The molecule has 0 bridgehead atoms. The van der Waals surface area contributed by atoms with Crippen molar-refractivity contribution in [2.45, 2.75) is 145 Å². The lowest BCUT2D eigenvalue weighted by atomic mass is 9.32. The minimum atomic E-state index is 0.559. The van der Waals surface area contributed by atoms with Gasteiger partial charge in [-0.3, -0.25) is 0 Å². The second-order valence-electron chi connectivity index (χ2n) is 15.9. The molecule has 5 saturated carbocycles. The van der Waals surface area contributed by atoms with E-state index >= 15 is 0 Å². The summed E-state index contributed by atoms with van der Waals surface area (Å²) < 4.78 is 0. The summed E-state index contributed by atoms with van der Waals surface area (Å²) in [6.45, 7) is 21.5. The molecule has 5 fully saturated rings. The van der Waals surface area contributed by atoms with Gasteiger partial charge in [-0.25, -0.2) is 0 Å². The van der Waals surface area contributed by atoms with E-state index in [1.165, 1.54) is 77.0 Å². The number of rotatable bonds is 4. The molecule has 0 nitrogen and oxygen atoms in total. The SMILES string of the molecule is CCCCC(C)[C@@H]1CC[C@]2(C)C3CCC4[C@@]5(C)CCCC(C)(C)C5CC[C@@]4(C)[C@]3(C)CC[C@@H]12. The van der Waals surface area contributed by atoms with Crippen LogP contribution in [-0.4, -0.2) is 0 Å². The van der Waals surface area contributed by atoms with Crippen LogP contribution in [0.5, 0.6) is 0 Å². The van der Waals surface area contributed by atoms with Gasteiger partial charge in [-0.2, -0.15) is 0 Å². The molecule has 0 spiro atoms. The smallest absolute Gasteiger partial charge is 0.0235 e. The van der Waals surface area contributed by atoms with Crippen molar-refractivity contribution in [1.29, 1.82) is 0 Å². The highest BCUT2D eigenvalue weighted by atomic mass is 14.7. The average Bonchev–Trinajstić information content (AvgIpc) is 3.09. The summed E-state index contributed by atoms with van der Waals surface area (Å²) in [6, 6.07) is 0. The highest BCUT2D eigenvalue weighted by Gasteiger charge is 2.70. The van der Waals surface area contributed by atoms with Crippen LogP contribution in [0.4, 0.5) is 0 Å². The number of hydrogen-bond acceptors (Lipinski definition) is 0. The Labute approximate surface area is 207 Å². The molecule has 5 aliphatic carbocycles. The molecule has 0 N–H and O–H groups in total. The van der Waals surface area contributed by atoms with E-state index in [0.717, 1.165) is 35.5 Å². The molecule has 0 radical (unpaired) electrons. The van der Waals surface area contributed by atoms with Crippen molar-refractivity contribution in [2.75, 3.05) is 0 Å². The van der Waals surface area contributed by atoms with E-state index in [9.17, 15) is 0 Å². The van der Waals surface area contributed by atoms with Crippen molar-refractivity contribution in [2.24, 2.45) is 62.6 Å². The summed E-state index contributed by atoms with van der Waals surface area (Å²) in [5.74, 6) is 5.88. The third-order valence-corrected chi connectivity index (χ3v) is 14.5. The Kier molecular flexibility index (Phi) is 5.98. The fourth-order valence-corrected chi connectivity index (χ4v) is 12.8. The number of fused-ring (bicyclic) bond motifs is 7. The molecule has 5 aliphatic rings. The van der Waals surface area contributed by atoms with Crippen molar-refractivity contribution < 1.29 is 0 Å². The van der Waals surface area contributed by atoms with Crippen LogP contribution in [0.2, 0.25) is 0 Å². The molecule has 10 atom stereocenters. The van der Waals surface area contributed by atoms with Gasteiger partial charge in [0.2, 0.25) is 0 Å². The second-order valence-corrected chi connectivity index (χ2v) is 15.9. The van der Waals surface area contributed by atoms with E-state index in [1.54, 1.807) is 12.8 Å². The van der Waals surface area contributed by atoms with Gasteiger partial charge in [0, 0.05) is 0 Å². The van der Waals surface area contributed by atoms with Crippen molar-refractivity contribution in [3.63, 3.8) is 0 Å². The number of unbranched alkanes of at least 4 members (excludes halogenated alkanes) is 1. The molecule has 4 unspecified atom stereocenters. The standard InChI is InChI=1S/C33H58/c1-9-10-12-23(2)24-15-20-30(5)25(24)16-21-32(7)27(30)13-14-28-31(6)19-11-18-29(3,4)26(31)17-22-33(28,32)8/h23-28H,9-22H2,1-8H3/t23?,24-,25-,26?,27?,28?,30-,31-,32+,33+/m0/s1. The Morgan fingerprint density at radius 3 is 1.97 bits per heavy atom. The molecule has 0 heteroatoms. The molecule has 0 aromatic rings. The minimum absolute atomic E-state index is 0.559. The molecule has 0 aromatic carbocycles. The maximum absolute atomic E-state index is 2.83. The Hall–Kier alpha value is 0. The predicted molar refractivity (Wildman–Crippen MR) is 143 cm³/mol. The number of hydrogen-bond donors (Lipinski definition) is 0. The van der Waals surface area contributed by atoms with Gasteiger partial charge < -0.3 is 0 Å². The molecule has 0 saturated heterocycles. The van der Waals surface area contributed by atoms with E-state index in [0.29, 0.717) is 27.1 Å². The van der Waals surface area contributed by atoms with Crippen LogP contribution in [0.1, 0.15) is 145 Å². The van der Waals surface area contributed by atoms with Crippen molar-refractivity contribution in [1.82, 2.24) is 0 Å². The van der Waals surface area contributed by atoms with Crippen LogP contribution >= 0.6 is 0 Å². The van der Waals surface area contributed by atoms with Gasteiger partial charge in [-0.05, 0) is 127 Å². The van der Waals surface area contributed by atoms with Crippen molar-refractivity contribution in [3.05, 3.63) is 0 Å². The largest absolute Gasteiger partial charge is 0.0654 e. The Balaban J connectivity index is 1.45. The van der Waals surface area contributed by atoms with Crippen LogP contribution < -0.4 is 0 Å². The first kappa shape index (κ1) is 24.7. The summed E-state index contributed by atoms with van der Waals surface area (Å²) in [7, 11) is 0. The fraction of sp³-hybridized carbons (Fsp3) is 1.00. The van der Waals surface area contributed by atoms with Gasteiger partial charge in [0.1, 0.15) is 0 Å². The minimum Gasteiger partial charge on any atom is -0.0654 e. The van der Waals surface area contributed by atoms with Crippen LogP contribution in [-0.2, 0) is 0 Å². The summed E-state index contributed by atoms with van der Waals surface area (Å²) in [4.78, 5) is 0. The average molecular weight is 455 g/mol. The Bertz CT molecular complexity index is 734. The fourth-order valence-electron chi connectivity index (χ4n) is 12.8. The van der Waals surface area contributed by atoms with E-state index in [2.05, 4.69) is 55.4 Å². The van der Waals surface area contributed by atoms with Crippen LogP contribution in [0.15, 0.2) is 0 Å². The van der Waals surface area contributed by atoms with Gasteiger partial charge >= 0.3 is 0 Å². The Morgan fingerprint density at radius 1 is 0.667 bits per heavy atom. The lowest BCUT2D eigenvalue weighted by Crippen LogP contribution is -2.65. The first-order valence-electron chi connectivity index (χ1n) is 15.4. The summed E-state index contributed by atoms with van der Waals surface area (Å²) in [6.07, 6.45) is 21.0. The summed E-state index contributed by atoms with van der Waals surface area (Å²) in [5, 5.41) is 0. The van der Waals surface area contributed by atoms with Crippen LogP contribution in [0, 0.1) is 62.6 Å². The van der Waals surface area contributed by atoms with Gasteiger partial charge in [-0.15, -0.1) is 0 Å². The molecule has 190 valence electrons. The van der Waals surface area contributed by atoms with E-state index in [-0.39, 0.29) is 0 Å². The highest BCUT2D eigenvalue weighted by molar-refractivity contribution is 5.19. The maximum atomic E-state index is 2.83. The predicted octanol–water partition coefficient (Wildman–Crippen LogP) is 10.3. The van der Waals surface area contributed by atoms with Crippen molar-refractivity contribution in [3.8, 4) is 0 Å². The molecule has 0 aliphatic heterocycles. The van der Waals surface area contributed by atoms with E-state index < -0.39 is 0 Å². The zero-order valence-corrected chi connectivity index (χ0v) is 23.9. The van der Waals surface area contributed by atoms with E-state index in [4.69, 9.17) is 0 Å². The molecule has 5 rings (SSSR count). The second kappa shape index (κ2) is 8.00. The lowest BCUT2D eigenvalue weighted by Gasteiger charge is -2.73. The van der Waals surface area contributed by atoms with Gasteiger partial charge in [-0.1, -0.05) is 81.1 Å². The molecular formula is C33H58. The third-order valence-electron chi connectivity index (χ3n) is 14.5. The third kappa shape index (κ3) is 3.26. The first-order chi connectivity index (χ1) is 15.4. The molecular weight excluding hydrogens is 396 g/mol. The summed E-state index contributed by atoms with van der Waals surface area (Å²) >= 11 is 0. The monoisotopic (exact) mass is 454 g/mol. The first-order valence-corrected chi connectivity index (χ1v) is 15.4. The van der Waals surface area contributed by atoms with E-state index in [1.807, 2.05) is 0 Å². The zero-order chi connectivity index (χ0) is 23.9. The highest BCUT2D eigenvalue weighted by Crippen LogP contribution is 2.78. The summed E-state index contributed by atoms with van der Waals surface area (Å²) in [5.41, 5.74) is 2.90. The molecule has 0 heterocycles. The maximum Gasteiger partial charge on any atom is -0.0235 e. The Morgan fingerprint density at radius 2 is 1.30 bits per heavy atom. The lowest BCUT2D eigenvalue weighted by molar-refractivity contribution is -0.241. The van der Waals surface area contributed by atoms with Crippen LogP contribution in [0.3, 0.4) is 0 Å². The topological polar surface area (TPSA) is 0 Å². The van der Waals surface area contributed by atoms with Gasteiger partial charge in [0.05, 0.1) is 0 Å². The molecule has 33 heavy (non-hydrogen) atoms.